The van der Waals surface area contributed by atoms with E-state index in [0.717, 1.165) is 20.0 Å². The van der Waals surface area contributed by atoms with Gasteiger partial charge in [-0.05, 0) is 34.1 Å². The number of halogens is 1. The molecule has 16 heavy (non-hydrogen) atoms. The lowest BCUT2D eigenvalue weighted by Gasteiger charge is -1.87. The summed E-state index contributed by atoms with van der Waals surface area (Å²) in [6.07, 6.45) is 1.83. The van der Waals surface area contributed by atoms with Crippen molar-refractivity contribution < 1.29 is 0 Å². The number of H-pyrrole nitrogens is 1. The maximum atomic E-state index is 11.6. The molecule has 0 atom stereocenters. The number of imidazole rings is 1. The lowest BCUT2D eigenvalue weighted by molar-refractivity contribution is 1.12. The Labute approximate surface area is 103 Å². The Kier molecular flexibility index (Phi) is 2.22. The van der Waals surface area contributed by atoms with Crippen LogP contribution in [0, 0.1) is 0 Å². The van der Waals surface area contributed by atoms with Crippen LogP contribution in [0.25, 0.3) is 16.2 Å². The standard InChI is InChI=1S/C11H7BrN2OS/c12-9-5-4-8(16-9)7-6-14-10(13-7)2-1-3-11(14)15/h1-6,13H. The molecule has 3 nitrogen and oxygen atoms in total. The number of fused-ring (bicyclic) bond motifs is 1. The highest BCUT2D eigenvalue weighted by Gasteiger charge is 2.05. The fourth-order valence-electron chi connectivity index (χ4n) is 1.62. The zero-order valence-electron chi connectivity index (χ0n) is 8.11. The van der Waals surface area contributed by atoms with Gasteiger partial charge in [0, 0.05) is 12.3 Å². The van der Waals surface area contributed by atoms with E-state index < -0.39 is 0 Å². The summed E-state index contributed by atoms with van der Waals surface area (Å²) in [5, 5.41) is 0. The summed E-state index contributed by atoms with van der Waals surface area (Å²) >= 11 is 5.06. The first kappa shape index (κ1) is 9.86. The van der Waals surface area contributed by atoms with Crippen LogP contribution in [0.3, 0.4) is 0 Å². The van der Waals surface area contributed by atoms with Crippen molar-refractivity contribution >= 4 is 32.9 Å². The SMILES string of the molecule is O=c1cccc2[nH]c(-c3ccc(Br)s3)cn12. The third-order valence-corrected chi connectivity index (χ3v) is 4.01. The van der Waals surface area contributed by atoms with Crippen molar-refractivity contribution in [1.29, 1.82) is 0 Å². The number of rotatable bonds is 1. The zero-order valence-corrected chi connectivity index (χ0v) is 10.5. The zero-order chi connectivity index (χ0) is 11.1. The van der Waals surface area contributed by atoms with E-state index in [-0.39, 0.29) is 5.56 Å². The number of nitrogens with zero attached hydrogens (tertiary/aromatic N) is 1. The minimum absolute atomic E-state index is 0.0179. The van der Waals surface area contributed by atoms with Crippen LogP contribution < -0.4 is 5.56 Å². The quantitative estimate of drug-likeness (QED) is 0.736. The molecule has 1 N–H and O–H groups in total. The first-order valence-electron chi connectivity index (χ1n) is 4.70. The predicted molar refractivity (Wildman–Crippen MR) is 69.0 cm³/mol. The molecule has 0 aliphatic heterocycles. The fourth-order valence-corrected chi connectivity index (χ4v) is 2.97. The number of hydrogen-bond acceptors (Lipinski definition) is 2. The minimum atomic E-state index is -0.0179. The molecule has 0 unspecified atom stereocenters. The van der Waals surface area contributed by atoms with Gasteiger partial charge in [0.1, 0.15) is 5.65 Å². The summed E-state index contributed by atoms with van der Waals surface area (Å²) in [5.74, 6) is 0. The fraction of sp³-hybridized carbons (Fsp3) is 0. The lowest BCUT2D eigenvalue weighted by Crippen LogP contribution is -2.08. The van der Waals surface area contributed by atoms with Crippen molar-refractivity contribution in [2.24, 2.45) is 0 Å². The Morgan fingerprint density at radius 2 is 2.12 bits per heavy atom. The molecular weight excluding hydrogens is 288 g/mol. The molecule has 5 heteroatoms. The molecule has 3 aromatic heterocycles. The van der Waals surface area contributed by atoms with Crippen molar-refractivity contribution in [1.82, 2.24) is 9.38 Å². The van der Waals surface area contributed by atoms with Gasteiger partial charge in [0.25, 0.3) is 5.56 Å². The molecule has 0 saturated carbocycles. The topological polar surface area (TPSA) is 37.3 Å². The Hall–Kier alpha value is -1.33. The van der Waals surface area contributed by atoms with Crippen LogP contribution in [-0.2, 0) is 0 Å². The molecule has 0 aliphatic carbocycles. The molecular formula is C11H7BrN2OS. The summed E-state index contributed by atoms with van der Waals surface area (Å²) in [6.45, 7) is 0. The van der Waals surface area contributed by atoms with Gasteiger partial charge < -0.3 is 4.98 Å². The third-order valence-electron chi connectivity index (χ3n) is 2.35. The van der Waals surface area contributed by atoms with E-state index in [1.165, 1.54) is 0 Å². The van der Waals surface area contributed by atoms with Crippen molar-refractivity contribution in [3.8, 4) is 10.6 Å². The molecule has 0 amide bonds. The second-order valence-electron chi connectivity index (χ2n) is 3.39. The van der Waals surface area contributed by atoms with Gasteiger partial charge >= 0.3 is 0 Å². The van der Waals surface area contributed by atoms with Crippen LogP contribution in [0.2, 0.25) is 0 Å². The average Bonchev–Trinajstić information content (AvgIpc) is 2.84. The first-order valence-corrected chi connectivity index (χ1v) is 6.31. The van der Waals surface area contributed by atoms with Crippen molar-refractivity contribution in [3.63, 3.8) is 0 Å². The maximum Gasteiger partial charge on any atom is 0.256 e. The predicted octanol–water partition coefficient (Wildman–Crippen LogP) is 3.12. The van der Waals surface area contributed by atoms with Gasteiger partial charge in [-0.25, -0.2) is 0 Å². The number of nitrogens with one attached hydrogen (secondary N) is 1. The largest absolute Gasteiger partial charge is 0.339 e. The summed E-state index contributed by atoms with van der Waals surface area (Å²) < 4.78 is 2.69. The van der Waals surface area contributed by atoms with Gasteiger partial charge in [0.2, 0.25) is 0 Å². The number of hydrogen-bond donors (Lipinski definition) is 1. The number of aromatic amines is 1. The van der Waals surface area contributed by atoms with Gasteiger partial charge in [0.05, 0.1) is 14.4 Å². The Bertz CT molecular complexity index is 710. The van der Waals surface area contributed by atoms with Crippen molar-refractivity contribution in [2.45, 2.75) is 0 Å². The minimum Gasteiger partial charge on any atom is -0.339 e. The molecule has 3 rings (SSSR count). The molecule has 0 aliphatic rings. The highest BCUT2D eigenvalue weighted by atomic mass is 79.9. The third kappa shape index (κ3) is 1.52. The second-order valence-corrected chi connectivity index (χ2v) is 5.85. The lowest BCUT2D eigenvalue weighted by atomic mass is 10.4. The van der Waals surface area contributed by atoms with Crippen LogP contribution in [0.1, 0.15) is 0 Å². The molecule has 0 aromatic carbocycles. The highest BCUT2D eigenvalue weighted by molar-refractivity contribution is 9.11. The number of thiophene rings is 1. The van der Waals surface area contributed by atoms with Gasteiger partial charge in [-0.3, -0.25) is 9.20 Å². The van der Waals surface area contributed by atoms with Crippen molar-refractivity contribution in [3.05, 3.63) is 50.7 Å². The molecule has 0 radical (unpaired) electrons. The summed E-state index contributed by atoms with van der Waals surface area (Å²) in [5.41, 5.74) is 1.75. The van der Waals surface area contributed by atoms with Crippen LogP contribution in [0.4, 0.5) is 0 Å². The van der Waals surface area contributed by atoms with Crippen molar-refractivity contribution in [2.75, 3.05) is 0 Å². The molecule has 0 spiro atoms. The molecule has 3 aromatic rings. The average molecular weight is 295 g/mol. The van der Waals surface area contributed by atoms with E-state index in [4.69, 9.17) is 0 Å². The van der Waals surface area contributed by atoms with E-state index in [0.29, 0.717) is 0 Å². The molecule has 80 valence electrons. The van der Waals surface area contributed by atoms with Crippen LogP contribution in [0.5, 0.6) is 0 Å². The molecule has 3 heterocycles. The van der Waals surface area contributed by atoms with Crippen LogP contribution >= 0.6 is 27.3 Å². The van der Waals surface area contributed by atoms with E-state index in [1.807, 2.05) is 24.4 Å². The van der Waals surface area contributed by atoms with E-state index >= 15 is 0 Å². The van der Waals surface area contributed by atoms with E-state index in [9.17, 15) is 4.79 Å². The van der Waals surface area contributed by atoms with E-state index in [2.05, 4.69) is 20.9 Å². The molecule has 0 saturated heterocycles. The summed E-state index contributed by atoms with van der Waals surface area (Å²) in [7, 11) is 0. The highest BCUT2D eigenvalue weighted by Crippen LogP contribution is 2.30. The number of aromatic nitrogens is 2. The Balaban J connectivity index is 2.26. The van der Waals surface area contributed by atoms with Gasteiger partial charge in [-0.15, -0.1) is 11.3 Å². The smallest absolute Gasteiger partial charge is 0.256 e. The Morgan fingerprint density at radius 1 is 1.25 bits per heavy atom. The summed E-state index contributed by atoms with van der Waals surface area (Å²) in [4.78, 5) is 15.9. The number of pyridine rings is 1. The van der Waals surface area contributed by atoms with Crippen LogP contribution in [0.15, 0.2) is 45.1 Å². The first-order chi connectivity index (χ1) is 7.74. The van der Waals surface area contributed by atoms with Crippen LogP contribution in [-0.4, -0.2) is 9.38 Å². The van der Waals surface area contributed by atoms with Gasteiger partial charge in [-0.1, -0.05) is 6.07 Å². The molecule has 0 fully saturated rings. The molecule has 0 bridgehead atoms. The monoisotopic (exact) mass is 294 g/mol. The normalized spacial score (nSPS) is 11.1. The van der Waals surface area contributed by atoms with E-state index in [1.54, 1.807) is 27.9 Å². The van der Waals surface area contributed by atoms with Gasteiger partial charge in [-0.2, -0.15) is 0 Å². The second kappa shape index (κ2) is 3.61. The Morgan fingerprint density at radius 3 is 2.81 bits per heavy atom. The van der Waals surface area contributed by atoms with Gasteiger partial charge in [0.15, 0.2) is 0 Å². The summed E-state index contributed by atoms with van der Waals surface area (Å²) in [6, 6.07) is 9.20. The maximum absolute atomic E-state index is 11.6.